The Bertz CT molecular complexity index is 2310. The lowest BCUT2D eigenvalue weighted by Gasteiger charge is -2.41. The smallest absolute Gasteiger partial charge is 0.339 e. The van der Waals surface area contributed by atoms with Crippen LogP contribution in [0.5, 0.6) is 11.5 Å². The quantitative estimate of drug-likeness (QED) is 0.159. The van der Waals surface area contributed by atoms with Gasteiger partial charge in [0.15, 0.2) is 17.2 Å². The highest BCUT2D eigenvalue weighted by molar-refractivity contribution is 7.86. The highest BCUT2D eigenvalue weighted by atomic mass is 32.2. The number of hydrogen-bond donors (Lipinski definition) is 2. The number of benzene rings is 3. The van der Waals surface area contributed by atoms with Gasteiger partial charge >= 0.3 is 5.97 Å². The van der Waals surface area contributed by atoms with E-state index in [0.717, 1.165) is 23.4 Å². The zero-order valence-corrected chi connectivity index (χ0v) is 28.7. The average molecular weight is 682 g/mol. The highest BCUT2D eigenvalue weighted by Gasteiger charge is 2.38. The van der Waals surface area contributed by atoms with Crippen LogP contribution >= 0.6 is 0 Å². The van der Waals surface area contributed by atoms with Crippen molar-refractivity contribution in [3.63, 3.8) is 0 Å². The Morgan fingerprint density at radius 3 is 2.21 bits per heavy atom. The minimum Gasteiger partial charge on any atom is -0.478 e. The first kappa shape index (κ1) is 33.5. The van der Waals surface area contributed by atoms with Crippen molar-refractivity contribution in [2.24, 2.45) is 0 Å². The Morgan fingerprint density at radius 2 is 1.60 bits per heavy atom. The second-order valence-electron chi connectivity index (χ2n) is 13.7. The molecule has 3 aromatic rings. The Labute approximate surface area is 276 Å². The molecule has 3 aliphatic rings. The summed E-state index contributed by atoms with van der Waals surface area (Å²) >= 11 is 0. The van der Waals surface area contributed by atoms with Gasteiger partial charge in [-0.05, 0) is 56.5 Å². The summed E-state index contributed by atoms with van der Waals surface area (Å²) in [6.45, 7) is 10.8. The van der Waals surface area contributed by atoms with Gasteiger partial charge < -0.3 is 14.7 Å². The number of rotatable bonds is 5. The molecule has 0 saturated heterocycles. The maximum Gasteiger partial charge on any atom is 0.339 e. The maximum absolute atomic E-state index is 16.4. The summed E-state index contributed by atoms with van der Waals surface area (Å²) in [5.41, 5.74) is -0.714. The molecule has 3 aromatic carbocycles. The maximum atomic E-state index is 16.4. The fourth-order valence-electron chi connectivity index (χ4n) is 6.94. The van der Waals surface area contributed by atoms with Crippen molar-refractivity contribution < 1.29 is 40.8 Å². The minimum absolute atomic E-state index is 0.0598. The summed E-state index contributed by atoms with van der Waals surface area (Å²) < 4.78 is 89.6. The van der Waals surface area contributed by atoms with E-state index >= 15 is 8.78 Å². The number of hydrogen-bond acceptors (Lipinski definition) is 5. The minimum atomic E-state index is -4.51. The molecule has 6 rings (SSSR count). The first-order valence-electron chi connectivity index (χ1n) is 15.4. The second-order valence-corrected chi connectivity index (χ2v) is 15.1. The third-order valence-corrected chi connectivity index (χ3v) is 10.6. The molecule has 48 heavy (non-hydrogen) atoms. The number of halogens is 3. The number of ether oxygens (including phenoxy) is 1. The molecule has 0 saturated carbocycles. The molecule has 2 N–H and O–H groups in total. The third kappa shape index (κ3) is 5.04. The number of anilines is 1. The van der Waals surface area contributed by atoms with Crippen molar-refractivity contribution in [2.75, 3.05) is 24.7 Å². The Balaban J connectivity index is 1.84. The molecule has 8 nitrogen and oxygen atoms in total. The monoisotopic (exact) mass is 681 g/mol. The van der Waals surface area contributed by atoms with E-state index in [9.17, 15) is 27.3 Å². The van der Waals surface area contributed by atoms with Gasteiger partial charge in [0.1, 0.15) is 35.7 Å². The number of nitrogens with zero attached hydrogens (tertiary/aromatic N) is 2. The van der Waals surface area contributed by atoms with Crippen molar-refractivity contribution in [3.05, 3.63) is 97.8 Å². The van der Waals surface area contributed by atoms with E-state index in [1.165, 1.54) is 6.07 Å². The van der Waals surface area contributed by atoms with Gasteiger partial charge in [-0.25, -0.2) is 22.5 Å². The Kier molecular flexibility index (Phi) is 7.53. The number of carbonyl (C=O) groups is 1. The van der Waals surface area contributed by atoms with Gasteiger partial charge in [-0.1, -0.05) is 13.0 Å². The second kappa shape index (κ2) is 10.8. The van der Waals surface area contributed by atoms with E-state index in [-0.39, 0.29) is 39.0 Å². The number of fused-ring (bicyclic) bond motifs is 4. The summed E-state index contributed by atoms with van der Waals surface area (Å²) in [4.78, 5) is 14.5. The summed E-state index contributed by atoms with van der Waals surface area (Å²) in [6.07, 6.45) is 4.42. The standard InChI is InChI=1S/C36H35F3N2O6S/c1-9-18-14-35(3,4)40(7)24-12-26-22(10-20(18)24)28(29-30(34(42)43)33(39)32(38)17(2)31(29)37)23-11-21-19(16-48(44,45)46)15-36(5,6)41(8)25(21)13-27(23)47-26/h10-15H,9,16H2,1-8H3,(H-,42,43,44,45,46)/p+1. The molecule has 0 amide bonds. The zero-order chi connectivity index (χ0) is 35.4. The molecule has 0 aliphatic carbocycles. The topological polar surface area (TPSA) is 107 Å². The van der Waals surface area contributed by atoms with Crippen LogP contribution in [-0.2, 0) is 10.1 Å². The predicted octanol–water partition coefficient (Wildman–Crippen LogP) is 5.67. The largest absolute Gasteiger partial charge is 0.478 e. The van der Waals surface area contributed by atoms with Crippen LogP contribution in [0.1, 0.15) is 79.2 Å². The number of likely N-dealkylation sites (N-methyl/N-ethyl adjacent to an activating group) is 2. The van der Waals surface area contributed by atoms with Crippen molar-refractivity contribution in [2.45, 2.75) is 59.0 Å². The molecule has 0 spiro atoms. The lowest BCUT2D eigenvalue weighted by atomic mass is 9.82. The van der Waals surface area contributed by atoms with Crippen LogP contribution < -0.4 is 24.8 Å². The van der Waals surface area contributed by atoms with E-state index < -0.39 is 61.5 Å². The molecule has 0 atom stereocenters. The average Bonchev–Trinajstić information content (AvgIpc) is 2.99. The first-order chi connectivity index (χ1) is 22.2. The molecule has 252 valence electrons. The molecular formula is C36H36F3N2O6S+. The van der Waals surface area contributed by atoms with Gasteiger partial charge in [-0.2, -0.15) is 8.42 Å². The Hall–Kier alpha value is -4.42. The number of carboxylic acids is 1. The summed E-state index contributed by atoms with van der Waals surface area (Å²) in [5.74, 6) is -6.79. The number of aromatic carboxylic acids is 1. The van der Waals surface area contributed by atoms with Crippen LogP contribution in [0, 0.1) is 24.4 Å². The molecule has 0 unspecified atom stereocenters. The van der Waals surface area contributed by atoms with Crippen molar-refractivity contribution in [3.8, 4) is 11.5 Å². The lowest BCUT2D eigenvalue weighted by molar-refractivity contribution is 0.0689. The van der Waals surface area contributed by atoms with Crippen LogP contribution in [0.25, 0.3) is 16.7 Å². The highest BCUT2D eigenvalue weighted by Crippen LogP contribution is 2.47. The van der Waals surface area contributed by atoms with Gasteiger partial charge in [0.2, 0.25) is 5.36 Å². The fraction of sp³-hybridized carbons (Fsp3) is 0.333. The molecule has 12 heteroatoms. The summed E-state index contributed by atoms with van der Waals surface area (Å²) in [6, 6.07) is 6.68. The van der Waals surface area contributed by atoms with E-state index in [0.29, 0.717) is 17.7 Å². The van der Waals surface area contributed by atoms with E-state index in [1.807, 2.05) is 32.7 Å². The van der Waals surface area contributed by atoms with E-state index in [2.05, 4.69) is 24.5 Å². The summed E-state index contributed by atoms with van der Waals surface area (Å²) in [7, 11) is -0.794. The first-order valence-corrected chi connectivity index (χ1v) is 17.0. The van der Waals surface area contributed by atoms with Crippen molar-refractivity contribution in [1.82, 2.24) is 4.58 Å². The van der Waals surface area contributed by atoms with Crippen molar-refractivity contribution >= 4 is 38.5 Å². The lowest BCUT2D eigenvalue weighted by Crippen LogP contribution is -2.47. The predicted molar refractivity (Wildman–Crippen MR) is 178 cm³/mol. The van der Waals surface area contributed by atoms with Gasteiger partial charge in [0.25, 0.3) is 10.1 Å². The number of carboxylic acid groups (broad SMARTS) is 1. The van der Waals surface area contributed by atoms with Crippen LogP contribution in [0.2, 0.25) is 0 Å². The molecule has 3 aliphatic heterocycles. The van der Waals surface area contributed by atoms with Gasteiger partial charge in [-0.3, -0.25) is 4.55 Å². The molecule has 0 bridgehead atoms. The summed E-state index contributed by atoms with van der Waals surface area (Å²) in [5, 5.41) is 11.2. The van der Waals surface area contributed by atoms with Crippen LogP contribution in [0.4, 0.5) is 18.9 Å². The Morgan fingerprint density at radius 1 is 0.938 bits per heavy atom. The van der Waals surface area contributed by atoms with Gasteiger partial charge in [-0.15, -0.1) is 0 Å². The zero-order valence-electron chi connectivity index (χ0n) is 27.8. The normalized spacial score (nSPS) is 17.5. The van der Waals surface area contributed by atoms with Crippen LogP contribution in [0.15, 0.2) is 36.4 Å². The van der Waals surface area contributed by atoms with Crippen molar-refractivity contribution in [1.29, 1.82) is 0 Å². The molecular weight excluding hydrogens is 645 g/mol. The van der Waals surface area contributed by atoms with Crippen LogP contribution in [-0.4, -0.2) is 55.0 Å². The third-order valence-electron chi connectivity index (χ3n) is 9.88. The molecule has 0 radical (unpaired) electrons. The molecule has 0 fully saturated rings. The fourth-order valence-corrected chi connectivity index (χ4v) is 7.58. The molecule has 0 aromatic heterocycles. The van der Waals surface area contributed by atoms with Gasteiger partial charge in [0.05, 0.1) is 11.6 Å². The van der Waals surface area contributed by atoms with E-state index in [1.54, 1.807) is 31.3 Å². The van der Waals surface area contributed by atoms with E-state index in [4.69, 9.17) is 4.74 Å². The van der Waals surface area contributed by atoms with Gasteiger partial charge in [0, 0.05) is 71.3 Å². The van der Waals surface area contributed by atoms with Crippen LogP contribution in [0.3, 0.4) is 0 Å². The molecule has 3 heterocycles. The number of allylic oxidation sites excluding steroid dienone is 1. The SMILES string of the molecule is CCC1=CC(C)(C)[N+](C)=c2cc3c(cc21)=C(c1c(F)c(C)c(F)c(F)c1C(=O)O)c1cc2c(cc1O3)N(C)C(C)(C)C=C2CS(=O)(=O)O.